The molecule has 1 aliphatic heterocycles. The molecule has 0 saturated carbocycles. The van der Waals surface area contributed by atoms with E-state index in [9.17, 15) is 4.79 Å². The first-order valence-corrected chi connectivity index (χ1v) is 7.24. The van der Waals surface area contributed by atoms with Crippen molar-refractivity contribution >= 4 is 5.91 Å². The minimum absolute atomic E-state index is 0.0547. The second kappa shape index (κ2) is 6.85. The molecule has 2 atom stereocenters. The van der Waals surface area contributed by atoms with Crippen molar-refractivity contribution in [1.82, 2.24) is 15.1 Å². The maximum absolute atomic E-state index is 12.3. The highest BCUT2D eigenvalue weighted by molar-refractivity contribution is 5.95. The summed E-state index contributed by atoms with van der Waals surface area (Å²) in [5.41, 5.74) is 7.04. The SMILES string of the molecule is Cc1c(C(=O)NC(C)C2CCOC2)cnn1CCCN. The summed E-state index contributed by atoms with van der Waals surface area (Å²) in [6.07, 6.45) is 3.51. The largest absolute Gasteiger partial charge is 0.381 e. The summed E-state index contributed by atoms with van der Waals surface area (Å²) in [5.74, 6) is 0.354. The van der Waals surface area contributed by atoms with E-state index < -0.39 is 0 Å². The van der Waals surface area contributed by atoms with E-state index >= 15 is 0 Å². The Labute approximate surface area is 119 Å². The first-order chi connectivity index (χ1) is 9.63. The van der Waals surface area contributed by atoms with Crippen LogP contribution in [0.15, 0.2) is 6.20 Å². The fraction of sp³-hybridized carbons (Fsp3) is 0.714. The molecule has 1 aliphatic rings. The third-order valence-corrected chi connectivity index (χ3v) is 3.95. The number of carbonyl (C=O) groups is 1. The molecular weight excluding hydrogens is 256 g/mol. The Bertz CT molecular complexity index is 452. The lowest BCUT2D eigenvalue weighted by molar-refractivity contribution is 0.0921. The zero-order valence-corrected chi connectivity index (χ0v) is 12.3. The van der Waals surface area contributed by atoms with E-state index in [4.69, 9.17) is 10.5 Å². The van der Waals surface area contributed by atoms with Gasteiger partial charge in [0, 0.05) is 30.8 Å². The van der Waals surface area contributed by atoms with Crippen molar-refractivity contribution in [1.29, 1.82) is 0 Å². The quantitative estimate of drug-likeness (QED) is 0.803. The summed E-state index contributed by atoms with van der Waals surface area (Å²) in [4.78, 5) is 12.3. The second-order valence-corrected chi connectivity index (χ2v) is 5.39. The van der Waals surface area contributed by atoms with Gasteiger partial charge in [-0.05, 0) is 33.2 Å². The van der Waals surface area contributed by atoms with Crippen LogP contribution >= 0.6 is 0 Å². The average molecular weight is 280 g/mol. The number of hydrogen-bond acceptors (Lipinski definition) is 4. The molecule has 1 amide bonds. The van der Waals surface area contributed by atoms with Crippen molar-refractivity contribution in [3.8, 4) is 0 Å². The number of aromatic nitrogens is 2. The predicted octanol–water partition coefficient (Wildman–Crippen LogP) is 0.695. The molecule has 0 aromatic carbocycles. The van der Waals surface area contributed by atoms with Crippen LogP contribution in [0.2, 0.25) is 0 Å². The molecule has 3 N–H and O–H groups in total. The topological polar surface area (TPSA) is 82.2 Å². The van der Waals surface area contributed by atoms with E-state index in [0.717, 1.165) is 38.3 Å². The highest BCUT2D eigenvalue weighted by Gasteiger charge is 2.25. The van der Waals surface area contributed by atoms with Crippen LogP contribution in [0.3, 0.4) is 0 Å². The molecule has 0 aliphatic carbocycles. The molecule has 1 fully saturated rings. The molecule has 20 heavy (non-hydrogen) atoms. The van der Waals surface area contributed by atoms with Crippen molar-refractivity contribution in [2.24, 2.45) is 11.7 Å². The van der Waals surface area contributed by atoms with Crippen LogP contribution in [0.5, 0.6) is 0 Å². The minimum atomic E-state index is -0.0547. The van der Waals surface area contributed by atoms with Gasteiger partial charge in [-0.1, -0.05) is 0 Å². The maximum Gasteiger partial charge on any atom is 0.254 e. The molecule has 6 nitrogen and oxygen atoms in total. The Morgan fingerprint density at radius 3 is 3.15 bits per heavy atom. The Hall–Kier alpha value is -1.40. The molecule has 2 heterocycles. The Morgan fingerprint density at radius 1 is 1.70 bits per heavy atom. The number of nitrogens with one attached hydrogen (secondary N) is 1. The number of nitrogens with zero attached hydrogens (tertiary/aromatic N) is 2. The fourth-order valence-corrected chi connectivity index (χ4v) is 2.49. The summed E-state index contributed by atoms with van der Waals surface area (Å²) in [7, 11) is 0. The van der Waals surface area contributed by atoms with Crippen molar-refractivity contribution in [2.75, 3.05) is 19.8 Å². The van der Waals surface area contributed by atoms with Crippen LogP contribution in [-0.4, -0.2) is 41.5 Å². The molecule has 1 aromatic rings. The van der Waals surface area contributed by atoms with E-state index in [1.54, 1.807) is 6.20 Å². The molecule has 0 bridgehead atoms. The van der Waals surface area contributed by atoms with Gasteiger partial charge in [0.1, 0.15) is 0 Å². The van der Waals surface area contributed by atoms with Crippen molar-refractivity contribution in [2.45, 2.75) is 39.3 Å². The van der Waals surface area contributed by atoms with Gasteiger partial charge >= 0.3 is 0 Å². The molecule has 1 saturated heterocycles. The molecule has 6 heteroatoms. The van der Waals surface area contributed by atoms with Gasteiger partial charge in [0.2, 0.25) is 0 Å². The van der Waals surface area contributed by atoms with Crippen LogP contribution in [-0.2, 0) is 11.3 Å². The number of ether oxygens (including phenoxy) is 1. The second-order valence-electron chi connectivity index (χ2n) is 5.39. The third-order valence-electron chi connectivity index (χ3n) is 3.95. The third kappa shape index (κ3) is 3.37. The van der Waals surface area contributed by atoms with E-state index in [-0.39, 0.29) is 11.9 Å². The van der Waals surface area contributed by atoms with Crippen LogP contribution in [0.25, 0.3) is 0 Å². The predicted molar refractivity (Wildman–Crippen MR) is 76.5 cm³/mol. The highest BCUT2D eigenvalue weighted by Crippen LogP contribution is 2.17. The zero-order chi connectivity index (χ0) is 14.5. The van der Waals surface area contributed by atoms with Gasteiger partial charge in [0.05, 0.1) is 18.4 Å². The van der Waals surface area contributed by atoms with Gasteiger partial charge in [0.25, 0.3) is 5.91 Å². The van der Waals surface area contributed by atoms with Gasteiger partial charge in [-0.25, -0.2) is 0 Å². The smallest absolute Gasteiger partial charge is 0.254 e. The molecule has 2 unspecified atom stereocenters. The number of rotatable bonds is 6. The first-order valence-electron chi connectivity index (χ1n) is 7.24. The lowest BCUT2D eigenvalue weighted by atomic mass is 10.0. The molecule has 112 valence electrons. The maximum atomic E-state index is 12.3. The van der Waals surface area contributed by atoms with Gasteiger partial charge in [-0.2, -0.15) is 5.10 Å². The van der Waals surface area contributed by atoms with E-state index in [1.165, 1.54) is 0 Å². The molecule has 2 rings (SSSR count). The number of aryl methyl sites for hydroxylation is 1. The zero-order valence-electron chi connectivity index (χ0n) is 12.3. The normalized spacial score (nSPS) is 20.1. The standard InChI is InChI=1S/C14H24N4O2/c1-10(12-4-7-20-9-12)17-14(19)13-8-16-18(11(13)2)6-3-5-15/h8,10,12H,3-7,9,15H2,1-2H3,(H,17,19). The summed E-state index contributed by atoms with van der Waals surface area (Å²) < 4.78 is 7.20. The number of carbonyl (C=O) groups excluding carboxylic acids is 1. The van der Waals surface area contributed by atoms with Crippen molar-refractivity contribution in [3.05, 3.63) is 17.5 Å². The molecular formula is C14H24N4O2. The Morgan fingerprint density at radius 2 is 2.50 bits per heavy atom. The molecule has 0 radical (unpaired) electrons. The summed E-state index contributed by atoms with van der Waals surface area (Å²) in [6, 6.07) is 0.122. The number of hydrogen-bond donors (Lipinski definition) is 2. The molecule has 0 spiro atoms. The van der Waals surface area contributed by atoms with Gasteiger partial charge < -0.3 is 15.8 Å². The lowest BCUT2D eigenvalue weighted by Crippen LogP contribution is -2.38. The number of amides is 1. The van der Waals surface area contributed by atoms with Crippen molar-refractivity contribution < 1.29 is 9.53 Å². The van der Waals surface area contributed by atoms with Crippen LogP contribution < -0.4 is 11.1 Å². The molecule has 1 aromatic heterocycles. The Balaban J connectivity index is 1.96. The average Bonchev–Trinajstić information content (AvgIpc) is 3.06. The van der Waals surface area contributed by atoms with E-state index in [0.29, 0.717) is 18.0 Å². The lowest BCUT2D eigenvalue weighted by Gasteiger charge is -2.19. The van der Waals surface area contributed by atoms with Gasteiger partial charge in [-0.3, -0.25) is 9.48 Å². The van der Waals surface area contributed by atoms with Gasteiger partial charge in [-0.15, -0.1) is 0 Å². The number of nitrogens with two attached hydrogens (primary N) is 1. The van der Waals surface area contributed by atoms with Crippen LogP contribution in [0.1, 0.15) is 35.8 Å². The van der Waals surface area contributed by atoms with Crippen LogP contribution in [0, 0.1) is 12.8 Å². The summed E-state index contributed by atoms with van der Waals surface area (Å²) in [5, 5.41) is 7.31. The van der Waals surface area contributed by atoms with Crippen LogP contribution in [0.4, 0.5) is 0 Å². The minimum Gasteiger partial charge on any atom is -0.381 e. The summed E-state index contributed by atoms with van der Waals surface area (Å²) >= 11 is 0. The summed E-state index contributed by atoms with van der Waals surface area (Å²) in [6.45, 7) is 6.85. The highest BCUT2D eigenvalue weighted by atomic mass is 16.5. The monoisotopic (exact) mass is 280 g/mol. The van der Waals surface area contributed by atoms with E-state index in [1.807, 2.05) is 18.5 Å². The first kappa shape index (κ1) is 15.0. The fourth-order valence-electron chi connectivity index (χ4n) is 2.49. The Kier molecular flexibility index (Phi) is 5.14. The van der Waals surface area contributed by atoms with E-state index in [2.05, 4.69) is 10.4 Å². The van der Waals surface area contributed by atoms with Crippen molar-refractivity contribution in [3.63, 3.8) is 0 Å². The van der Waals surface area contributed by atoms with Gasteiger partial charge in [0.15, 0.2) is 0 Å².